The van der Waals surface area contributed by atoms with Crippen molar-refractivity contribution in [2.45, 2.75) is 18.8 Å². The molecule has 5 rings (SSSR count). The van der Waals surface area contributed by atoms with E-state index >= 15 is 0 Å². The number of rotatable bonds is 4. The number of benzene rings is 2. The molecule has 0 spiro atoms. The van der Waals surface area contributed by atoms with Crippen LogP contribution in [0, 0.1) is 11.8 Å². The Morgan fingerprint density at radius 2 is 1.83 bits per heavy atom. The molecule has 9 nitrogen and oxygen atoms in total. The standard InChI is InChI=1S/C23H20F3N5O4/c24-23(25,26)35-14-5-3-4-13(9-14)28-20(32)19-16-8-12(16)10-31(19)22(34)29-17-11-30(21(27)33)18-7-2-1-6-15(17)18/h1-7,9,11-12,16,19H,8,10H2,(H2,27,33)(H,28,32)(H,29,34)/t12?,16?,19-/m0/s1. The molecule has 0 radical (unpaired) electrons. The summed E-state index contributed by atoms with van der Waals surface area (Å²) in [5, 5.41) is 5.95. The highest BCUT2D eigenvalue weighted by Crippen LogP contribution is 2.50. The number of ether oxygens (including phenoxy) is 1. The zero-order valence-electron chi connectivity index (χ0n) is 18.1. The molecule has 1 aliphatic heterocycles. The number of fused-ring (bicyclic) bond motifs is 2. The topological polar surface area (TPSA) is 119 Å². The summed E-state index contributed by atoms with van der Waals surface area (Å²) in [7, 11) is 0. The maximum absolute atomic E-state index is 13.1. The molecule has 4 amide bonds. The van der Waals surface area contributed by atoms with E-state index in [1.807, 2.05) is 0 Å². The fourth-order valence-corrected chi connectivity index (χ4v) is 4.65. The molecule has 2 aliphatic rings. The van der Waals surface area contributed by atoms with Crippen molar-refractivity contribution in [1.82, 2.24) is 9.47 Å². The lowest BCUT2D eigenvalue weighted by Crippen LogP contribution is -2.47. The summed E-state index contributed by atoms with van der Waals surface area (Å²) in [6.45, 7) is 0.361. The number of anilines is 2. The minimum atomic E-state index is -4.86. The van der Waals surface area contributed by atoms with Crippen molar-refractivity contribution in [1.29, 1.82) is 0 Å². The fraction of sp³-hybridized carbons (Fsp3) is 0.261. The van der Waals surface area contributed by atoms with Gasteiger partial charge in [0.05, 0.1) is 11.2 Å². The molecule has 3 atom stereocenters. The second-order valence-electron chi connectivity index (χ2n) is 8.52. The molecule has 2 unspecified atom stereocenters. The van der Waals surface area contributed by atoms with Crippen LogP contribution in [-0.4, -0.2) is 46.4 Å². The number of nitrogens with two attached hydrogens (primary N) is 1. The average Bonchev–Trinajstić information content (AvgIpc) is 3.28. The Bertz CT molecular complexity index is 1340. The number of carbonyl (C=O) groups excluding carboxylic acids is 3. The predicted octanol–water partition coefficient (Wildman–Crippen LogP) is 3.96. The van der Waals surface area contributed by atoms with E-state index in [-0.39, 0.29) is 17.5 Å². The Hall–Kier alpha value is -4.22. The number of amides is 4. The molecular formula is C23H20F3N5O4. The number of urea groups is 1. The summed E-state index contributed by atoms with van der Waals surface area (Å²) >= 11 is 0. The highest BCUT2D eigenvalue weighted by molar-refractivity contribution is 6.06. The fourth-order valence-electron chi connectivity index (χ4n) is 4.65. The lowest BCUT2D eigenvalue weighted by molar-refractivity contribution is -0.274. The van der Waals surface area contributed by atoms with Gasteiger partial charge in [-0.1, -0.05) is 24.3 Å². The lowest BCUT2D eigenvalue weighted by Gasteiger charge is -2.27. The molecule has 1 saturated carbocycles. The first kappa shape index (κ1) is 22.6. The quantitative estimate of drug-likeness (QED) is 0.516. The molecule has 2 heterocycles. The lowest BCUT2D eigenvalue weighted by atomic mass is 10.1. The van der Waals surface area contributed by atoms with Crippen LogP contribution in [0.3, 0.4) is 0 Å². The van der Waals surface area contributed by atoms with Crippen LogP contribution in [0.2, 0.25) is 0 Å². The molecule has 1 aromatic heterocycles. The van der Waals surface area contributed by atoms with Gasteiger partial charge in [0.1, 0.15) is 11.8 Å². The Balaban J connectivity index is 1.33. The van der Waals surface area contributed by atoms with Gasteiger partial charge >= 0.3 is 18.4 Å². The van der Waals surface area contributed by atoms with Crippen molar-refractivity contribution < 1.29 is 32.3 Å². The smallest absolute Gasteiger partial charge is 0.406 e. The van der Waals surface area contributed by atoms with Crippen LogP contribution >= 0.6 is 0 Å². The molecule has 35 heavy (non-hydrogen) atoms. The van der Waals surface area contributed by atoms with Gasteiger partial charge in [0.25, 0.3) is 0 Å². The number of hydrogen-bond donors (Lipinski definition) is 3. The Labute approximate surface area is 196 Å². The molecule has 4 N–H and O–H groups in total. The third kappa shape index (κ3) is 4.46. The monoisotopic (exact) mass is 487 g/mol. The number of halogens is 3. The number of hydrogen-bond acceptors (Lipinski definition) is 4. The predicted molar refractivity (Wildman–Crippen MR) is 120 cm³/mol. The maximum atomic E-state index is 13.1. The minimum Gasteiger partial charge on any atom is -0.406 e. The average molecular weight is 487 g/mol. The molecule has 12 heteroatoms. The summed E-state index contributed by atoms with van der Waals surface area (Å²) in [6, 6.07) is 9.81. The van der Waals surface area contributed by atoms with Gasteiger partial charge in [-0.3, -0.25) is 9.36 Å². The largest absolute Gasteiger partial charge is 0.573 e. The van der Waals surface area contributed by atoms with Crippen molar-refractivity contribution in [3.63, 3.8) is 0 Å². The molecule has 3 aromatic rings. The summed E-state index contributed by atoms with van der Waals surface area (Å²) in [5.74, 6) is -0.842. The number of nitrogens with zero attached hydrogens (tertiary/aromatic N) is 2. The van der Waals surface area contributed by atoms with Crippen molar-refractivity contribution in [2.75, 3.05) is 17.2 Å². The van der Waals surface area contributed by atoms with E-state index in [2.05, 4.69) is 15.4 Å². The number of aromatic nitrogens is 1. The molecule has 0 bridgehead atoms. The number of para-hydroxylation sites is 1. The van der Waals surface area contributed by atoms with Crippen molar-refractivity contribution >= 4 is 40.2 Å². The number of nitrogens with one attached hydrogen (secondary N) is 2. The van der Waals surface area contributed by atoms with Crippen molar-refractivity contribution in [3.8, 4) is 5.75 Å². The zero-order chi connectivity index (χ0) is 24.9. The van der Waals surface area contributed by atoms with Crippen molar-refractivity contribution in [3.05, 3.63) is 54.7 Å². The third-order valence-corrected chi connectivity index (χ3v) is 6.21. The number of alkyl halides is 3. The maximum Gasteiger partial charge on any atom is 0.573 e. The van der Waals surface area contributed by atoms with Crippen LogP contribution in [-0.2, 0) is 4.79 Å². The molecule has 1 aliphatic carbocycles. The van der Waals surface area contributed by atoms with Crippen LogP contribution in [0.1, 0.15) is 6.42 Å². The van der Waals surface area contributed by atoms with E-state index in [1.54, 1.807) is 24.3 Å². The Kier molecular flexibility index (Phi) is 5.30. The van der Waals surface area contributed by atoms with E-state index in [4.69, 9.17) is 5.73 Å². The Morgan fingerprint density at radius 3 is 2.57 bits per heavy atom. The first-order chi connectivity index (χ1) is 16.6. The molecule has 182 valence electrons. The summed E-state index contributed by atoms with van der Waals surface area (Å²) in [6.07, 6.45) is -2.66. The number of piperidine rings is 1. The van der Waals surface area contributed by atoms with Gasteiger partial charge in [-0.15, -0.1) is 13.2 Å². The van der Waals surface area contributed by atoms with E-state index in [0.29, 0.717) is 23.1 Å². The SMILES string of the molecule is NC(=O)n1cc(NC(=O)N2CC3CC3[C@H]2C(=O)Nc2cccc(OC(F)(F)F)c2)c2ccccc21. The van der Waals surface area contributed by atoms with E-state index < -0.39 is 36.1 Å². The van der Waals surface area contributed by atoms with E-state index in [1.165, 1.54) is 27.8 Å². The van der Waals surface area contributed by atoms with Gasteiger partial charge in [0.2, 0.25) is 5.91 Å². The molecular weight excluding hydrogens is 467 g/mol. The first-order valence-electron chi connectivity index (χ1n) is 10.7. The van der Waals surface area contributed by atoms with Gasteiger partial charge in [0, 0.05) is 29.9 Å². The van der Waals surface area contributed by atoms with Gasteiger partial charge in [-0.2, -0.15) is 0 Å². The summed E-state index contributed by atoms with van der Waals surface area (Å²) < 4.78 is 42.7. The first-order valence-corrected chi connectivity index (χ1v) is 10.7. The van der Waals surface area contributed by atoms with Crippen LogP contribution < -0.4 is 21.1 Å². The normalized spacial score (nSPS) is 20.9. The Morgan fingerprint density at radius 1 is 1.06 bits per heavy atom. The highest BCUT2D eigenvalue weighted by atomic mass is 19.4. The molecule has 2 fully saturated rings. The van der Waals surface area contributed by atoms with Gasteiger partial charge < -0.3 is 26.0 Å². The van der Waals surface area contributed by atoms with Gasteiger partial charge in [-0.25, -0.2) is 9.59 Å². The van der Waals surface area contributed by atoms with Crippen LogP contribution in [0.4, 0.5) is 34.1 Å². The minimum absolute atomic E-state index is 0.0395. The third-order valence-electron chi connectivity index (χ3n) is 6.21. The zero-order valence-corrected chi connectivity index (χ0v) is 18.1. The summed E-state index contributed by atoms with van der Waals surface area (Å²) in [4.78, 5) is 39.4. The number of carbonyl (C=O) groups is 3. The van der Waals surface area contributed by atoms with Crippen LogP contribution in [0.25, 0.3) is 10.9 Å². The highest BCUT2D eigenvalue weighted by Gasteiger charge is 2.57. The number of likely N-dealkylation sites (tertiary alicyclic amines) is 1. The van der Waals surface area contributed by atoms with Gasteiger partial charge in [-0.05, 0) is 36.5 Å². The van der Waals surface area contributed by atoms with Crippen molar-refractivity contribution in [2.24, 2.45) is 17.6 Å². The molecule has 1 saturated heterocycles. The van der Waals surface area contributed by atoms with E-state index in [0.717, 1.165) is 18.6 Å². The van der Waals surface area contributed by atoms with E-state index in [9.17, 15) is 27.6 Å². The van der Waals surface area contributed by atoms with Crippen LogP contribution in [0.15, 0.2) is 54.7 Å². The van der Waals surface area contributed by atoms with Crippen LogP contribution in [0.5, 0.6) is 5.75 Å². The number of primary amides is 1. The second kappa shape index (κ2) is 8.22. The molecule has 2 aromatic carbocycles. The summed E-state index contributed by atoms with van der Waals surface area (Å²) in [5.41, 5.74) is 6.43. The second-order valence-corrected chi connectivity index (χ2v) is 8.52. The van der Waals surface area contributed by atoms with Gasteiger partial charge in [0.15, 0.2) is 0 Å².